The summed E-state index contributed by atoms with van der Waals surface area (Å²) in [6, 6.07) is 0.377. The highest BCUT2D eigenvalue weighted by atomic mass is 16.2. The van der Waals surface area contributed by atoms with Crippen molar-refractivity contribution in [3.8, 4) is 0 Å². The van der Waals surface area contributed by atoms with Crippen LogP contribution >= 0.6 is 0 Å². The van der Waals surface area contributed by atoms with Gasteiger partial charge in [0.05, 0.1) is 6.33 Å². The minimum absolute atomic E-state index is 0.0773. The van der Waals surface area contributed by atoms with Gasteiger partial charge in [-0.3, -0.25) is 14.2 Å². The molecule has 0 radical (unpaired) electrons. The fraction of sp³-hybridized carbons (Fsp3) is 0.706. The van der Waals surface area contributed by atoms with E-state index in [4.69, 9.17) is 0 Å². The lowest BCUT2D eigenvalue weighted by atomic mass is 9.96. The van der Waals surface area contributed by atoms with E-state index < -0.39 is 0 Å². The molecule has 3 heterocycles. The zero-order valence-electron chi connectivity index (χ0n) is 14.1. The van der Waals surface area contributed by atoms with Crippen LogP contribution in [0.1, 0.15) is 31.2 Å². The third kappa shape index (κ3) is 3.63. The molecule has 1 unspecified atom stereocenters. The molecule has 1 atom stereocenters. The van der Waals surface area contributed by atoms with Crippen molar-refractivity contribution in [1.82, 2.24) is 19.4 Å². The van der Waals surface area contributed by atoms with E-state index in [2.05, 4.69) is 9.88 Å². The number of hydrogen-bond acceptors (Lipinski definition) is 4. The van der Waals surface area contributed by atoms with Gasteiger partial charge in [0.25, 0.3) is 5.56 Å². The minimum atomic E-state index is 0.0773. The van der Waals surface area contributed by atoms with Crippen molar-refractivity contribution in [1.29, 1.82) is 0 Å². The molecule has 0 bridgehead atoms. The highest BCUT2D eigenvalue weighted by Crippen LogP contribution is 2.22. The van der Waals surface area contributed by atoms with Crippen LogP contribution in [0.15, 0.2) is 17.3 Å². The molecule has 23 heavy (non-hydrogen) atoms. The van der Waals surface area contributed by atoms with Gasteiger partial charge < -0.3 is 9.80 Å². The molecular formula is C17H26N4O2. The van der Waals surface area contributed by atoms with Gasteiger partial charge in [-0.25, -0.2) is 4.98 Å². The number of likely N-dealkylation sites (tertiary alicyclic amines) is 2. The standard InChI is InChI=1S/C17H26N4O2/c1-13-9-18-12-21(17(13)23)10-14-5-7-20(8-6-14)11-15-3-4-16(22)19(15)2/h9,12,14-15H,3-8,10-11H2,1-2H3. The average Bonchev–Trinajstić information content (AvgIpc) is 2.86. The van der Waals surface area contributed by atoms with Gasteiger partial charge in [0.1, 0.15) is 0 Å². The molecule has 1 aromatic rings. The first-order chi connectivity index (χ1) is 11.0. The SMILES string of the molecule is Cc1cncn(CC2CCN(CC3CCC(=O)N3C)CC2)c1=O. The second-order valence-corrected chi connectivity index (χ2v) is 6.98. The van der Waals surface area contributed by atoms with Crippen LogP contribution in [-0.2, 0) is 11.3 Å². The summed E-state index contributed by atoms with van der Waals surface area (Å²) >= 11 is 0. The number of carbonyl (C=O) groups excluding carboxylic acids is 1. The van der Waals surface area contributed by atoms with Crippen LogP contribution in [0.3, 0.4) is 0 Å². The van der Waals surface area contributed by atoms with Crippen LogP contribution in [-0.4, -0.2) is 58.0 Å². The number of carbonyl (C=O) groups is 1. The second-order valence-electron chi connectivity index (χ2n) is 6.98. The Labute approximate surface area is 137 Å². The van der Waals surface area contributed by atoms with Crippen molar-refractivity contribution < 1.29 is 4.79 Å². The molecule has 2 aliphatic heterocycles. The molecule has 2 saturated heterocycles. The van der Waals surface area contributed by atoms with E-state index in [0.29, 0.717) is 23.9 Å². The number of likely N-dealkylation sites (N-methyl/N-ethyl adjacent to an activating group) is 1. The second kappa shape index (κ2) is 6.83. The molecule has 0 N–H and O–H groups in total. The lowest BCUT2D eigenvalue weighted by Crippen LogP contribution is -2.44. The lowest BCUT2D eigenvalue weighted by Gasteiger charge is -2.35. The van der Waals surface area contributed by atoms with Gasteiger partial charge in [-0.1, -0.05) is 0 Å². The molecular weight excluding hydrogens is 292 g/mol. The van der Waals surface area contributed by atoms with Crippen molar-refractivity contribution in [2.75, 3.05) is 26.7 Å². The fourth-order valence-corrected chi connectivity index (χ4v) is 3.70. The summed E-state index contributed by atoms with van der Waals surface area (Å²) in [5, 5.41) is 0. The minimum Gasteiger partial charge on any atom is -0.341 e. The van der Waals surface area contributed by atoms with E-state index in [1.165, 1.54) is 0 Å². The molecule has 1 amide bonds. The molecule has 126 valence electrons. The van der Waals surface area contributed by atoms with E-state index in [-0.39, 0.29) is 11.5 Å². The number of piperidine rings is 1. The number of hydrogen-bond donors (Lipinski definition) is 0. The molecule has 0 spiro atoms. The molecule has 0 aromatic carbocycles. The van der Waals surface area contributed by atoms with Crippen molar-refractivity contribution in [2.24, 2.45) is 5.92 Å². The summed E-state index contributed by atoms with van der Waals surface area (Å²) < 4.78 is 1.75. The quantitative estimate of drug-likeness (QED) is 0.827. The van der Waals surface area contributed by atoms with Crippen molar-refractivity contribution in [2.45, 2.75) is 45.2 Å². The first-order valence-corrected chi connectivity index (χ1v) is 8.53. The highest BCUT2D eigenvalue weighted by molar-refractivity contribution is 5.78. The zero-order chi connectivity index (χ0) is 16.4. The summed E-state index contributed by atoms with van der Waals surface area (Å²) in [5.74, 6) is 0.812. The highest BCUT2D eigenvalue weighted by Gasteiger charge is 2.30. The predicted molar refractivity (Wildman–Crippen MR) is 88.2 cm³/mol. The summed E-state index contributed by atoms with van der Waals surface area (Å²) in [7, 11) is 1.92. The maximum atomic E-state index is 12.1. The summed E-state index contributed by atoms with van der Waals surface area (Å²) in [6.07, 6.45) is 7.16. The Balaban J connectivity index is 1.50. The van der Waals surface area contributed by atoms with Gasteiger partial charge in [0.2, 0.25) is 5.91 Å². The zero-order valence-corrected chi connectivity index (χ0v) is 14.1. The van der Waals surface area contributed by atoms with E-state index in [9.17, 15) is 9.59 Å². The Morgan fingerprint density at radius 1 is 1.17 bits per heavy atom. The molecule has 1 aromatic heterocycles. The molecule has 2 aliphatic rings. The summed E-state index contributed by atoms with van der Waals surface area (Å²) in [6.45, 7) is 5.67. The lowest BCUT2D eigenvalue weighted by molar-refractivity contribution is -0.127. The molecule has 2 fully saturated rings. The van der Waals surface area contributed by atoms with Crippen LogP contribution in [0.2, 0.25) is 0 Å². The Kier molecular flexibility index (Phi) is 4.80. The van der Waals surface area contributed by atoms with Gasteiger partial charge in [-0.2, -0.15) is 0 Å². The molecule has 6 nitrogen and oxygen atoms in total. The number of aromatic nitrogens is 2. The van der Waals surface area contributed by atoms with Gasteiger partial charge in [0, 0.05) is 44.4 Å². The van der Waals surface area contributed by atoms with Crippen molar-refractivity contribution in [3.05, 3.63) is 28.4 Å². The van der Waals surface area contributed by atoms with Crippen LogP contribution < -0.4 is 5.56 Å². The Bertz CT molecular complexity index is 619. The van der Waals surface area contributed by atoms with Crippen LogP contribution in [0.4, 0.5) is 0 Å². The van der Waals surface area contributed by atoms with Crippen molar-refractivity contribution >= 4 is 5.91 Å². The van der Waals surface area contributed by atoms with Crippen molar-refractivity contribution in [3.63, 3.8) is 0 Å². The average molecular weight is 318 g/mol. The van der Waals surface area contributed by atoms with Gasteiger partial charge in [-0.15, -0.1) is 0 Å². The van der Waals surface area contributed by atoms with E-state index in [0.717, 1.165) is 45.4 Å². The van der Waals surface area contributed by atoms with Crippen LogP contribution in [0.5, 0.6) is 0 Å². The number of aryl methyl sites for hydroxylation is 1. The smallest absolute Gasteiger partial charge is 0.256 e. The maximum Gasteiger partial charge on any atom is 0.256 e. The van der Waals surface area contributed by atoms with E-state index in [1.54, 1.807) is 17.1 Å². The number of amides is 1. The van der Waals surface area contributed by atoms with E-state index >= 15 is 0 Å². The summed E-state index contributed by atoms with van der Waals surface area (Å²) in [5.41, 5.74) is 0.785. The molecule has 0 aliphatic carbocycles. The first-order valence-electron chi connectivity index (χ1n) is 8.53. The van der Waals surface area contributed by atoms with Gasteiger partial charge >= 0.3 is 0 Å². The number of rotatable bonds is 4. The topological polar surface area (TPSA) is 58.4 Å². The van der Waals surface area contributed by atoms with Crippen LogP contribution in [0.25, 0.3) is 0 Å². The molecule has 0 saturated carbocycles. The largest absolute Gasteiger partial charge is 0.341 e. The first kappa shape index (κ1) is 16.2. The molecule has 6 heteroatoms. The predicted octanol–water partition coefficient (Wildman–Crippen LogP) is 0.885. The maximum absolute atomic E-state index is 12.1. The molecule has 3 rings (SSSR count). The normalized spacial score (nSPS) is 23.7. The van der Waals surface area contributed by atoms with Gasteiger partial charge in [0.15, 0.2) is 0 Å². The Morgan fingerprint density at radius 3 is 2.57 bits per heavy atom. The Morgan fingerprint density at radius 2 is 1.91 bits per heavy atom. The third-order valence-corrected chi connectivity index (χ3v) is 5.34. The summed E-state index contributed by atoms with van der Waals surface area (Å²) in [4.78, 5) is 32.2. The number of nitrogens with zero attached hydrogens (tertiary/aromatic N) is 4. The van der Waals surface area contributed by atoms with Gasteiger partial charge in [-0.05, 0) is 45.2 Å². The van der Waals surface area contributed by atoms with E-state index in [1.807, 2.05) is 18.9 Å². The Hall–Kier alpha value is -1.69. The monoisotopic (exact) mass is 318 g/mol. The third-order valence-electron chi connectivity index (χ3n) is 5.34. The van der Waals surface area contributed by atoms with Crippen LogP contribution in [0, 0.1) is 12.8 Å². The fourth-order valence-electron chi connectivity index (χ4n) is 3.70.